The van der Waals surface area contributed by atoms with Crippen LogP contribution in [0, 0.1) is 0 Å². The number of ether oxygens (including phenoxy) is 2. The van der Waals surface area contributed by atoms with Crippen LogP contribution in [-0.2, 0) is 6.42 Å². The van der Waals surface area contributed by atoms with Gasteiger partial charge in [0.2, 0.25) is 0 Å². The number of guanidine groups is 1. The maximum atomic E-state index is 5.99. The monoisotopic (exact) mass is 338 g/mol. The fourth-order valence-electron chi connectivity index (χ4n) is 2.81. The van der Waals surface area contributed by atoms with E-state index in [0.717, 1.165) is 40.1 Å². The van der Waals surface area contributed by atoms with Crippen LogP contribution in [0.2, 0.25) is 0 Å². The van der Waals surface area contributed by atoms with Crippen molar-refractivity contribution in [1.29, 1.82) is 0 Å². The summed E-state index contributed by atoms with van der Waals surface area (Å²) in [7, 11) is 3.30. The van der Waals surface area contributed by atoms with Crippen LogP contribution in [0.4, 0.5) is 5.69 Å². The first-order valence-electron chi connectivity index (χ1n) is 8.06. The molecule has 0 spiro atoms. The average Bonchev–Trinajstić information content (AvgIpc) is 3.05. The van der Waals surface area contributed by atoms with Gasteiger partial charge in [-0.3, -0.25) is 4.99 Å². The van der Waals surface area contributed by atoms with Gasteiger partial charge in [-0.2, -0.15) is 0 Å². The number of anilines is 1. The van der Waals surface area contributed by atoms with E-state index in [9.17, 15) is 0 Å². The fourth-order valence-corrected chi connectivity index (χ4v) is 2.81. The number of para-hydroxylation sites is 2. The van der Waals surface area contributed by atoms with Crippen LogP contribution in [0.1, 0.15) is 5.56 Å². The van der Waals surface area contributed by atoms with Crippen molar-refractivity contribution in [2.24, 2.45) is 10.7 Å². The third-order valence-corrected chi connectivity index (χ3v) is 4.00. The predicted molar refractivity (Wildman–Crippen MR) is 102 cm³/mol. The van der Waals surface area contributed by atoms with Crippen molar-refractivity contribution in [1.82, 2.24) is 4.98 Å². The number of H-pyrrole nitrogens is 1. The first-order valence-corrected chi connectivity index (χ1v) is 8.06. The van der Waals surface area contributed by atoms with Gasteiger partial charge in [-0.15, -0.1) is 0 Å². The van der Waals surface area contributed by atoms with Crippen LogP contribution < -0.4 is 20.5 Å². The van der Waals surface area contributed by atoms with Gasteiger partial charge in [-0.05, 0) is 36.2 Å². The molecule has 0 amide bonds. The standard InChI is InChI=1S/C19H22N4O2/c1-24-16-8-4-3-6-14(16)23-19(20)21-11-10-13-12-22-15-7-5-9-17(25-2)18(13)15/h3-9,12,22H,10-11H2,1-2H3,(H3,20,21,23). The molecule has 1 heterocycles. The summed E-state index contributed by atoms with van der Waals surface area (Å²) in [5.74, 6) is 1.94. The van der Waals surface area contributed by atoms with E-state index in [-0.39, 0.29) is 0 Å². The summed E-state index contributed by atoms with van der Waals surface area (Å²) < 4.78 is 10.7. The number of rotatable bonds is 6. The molecular formula is C19H22N4O2. The van der Waals surface area contributed by atoms with Crippen LogP contribution in [-0.4, -0.2) is 31.7 Å². The van der Waals surface area contributed by atoms with E-state index in [1.165, 1.54) is 0 Å². The van der Waals surface area contributed by atoms with Gasteiger partial charge in [0.15, 0.2) is 5.96 Å². The summed E-state index contributed by atoms with van der Waals surface area (Å²) in [5.41, 5.74) is 8.99. The minimum absolute atomic E-state index is 0.358. The molecule has 0 bridgehead atoms. The van der Waals surface area contributed by atoms with Crippen molar-refractivity contribution in [3.63, 3.8) is 0 Å². The second-order valence-corrected chi connectivity index (χ2v) is 5.54. The summed E-state index contributed by atoms with van der Waals surface area (Å²) >= 11 is 0. The molecule has 3 aromatic rings. The van der Waals surface area contributed by atoms with Gasteiger partial charge in [-0.1, -0.05) is 18.2 Å². The Hall–Kier alpha value is -3.15. The van der Waals surface area contributed by atoms with E-state index in [0.29, 0.717) is 12.5 Å². The lowest BCUT2D eigenvalue weighted by Gasteiger charge is -2.10. The Labute approximate surface area is 146 Å². The molecule has 0 atom stereocenters. The van der Waals surface area contributed by atoms with Crippen molar-refractivity contribution < 1.29 is 9.47 Å². The molecule has 0 saturated carbocycles. The van der Waals surface area contributed by atoms with E-state index >= 15 is 0 Å². The Morgan fingerprint density at radius 2 is 1.84 bits per heavy atom. The van der Waals surface area contributed by atoms with Gasteiger partial charge >= 0.3 is 0 Å². The molecule has 0 aliphatic carbocycles. The number of hydrogen-bond donors (Lipinski definition) is 3. The first-order chi connectivity index (χ1) is 12.2. The van der Waals surface area contributed by atoms with E-state index in [1.54, 1.807) is 14.2 Å². The lowest BCUT2D eigenvalue weighted by molar-refractivity contribution is 0.417. The number of aromatic amines is 1. The Kier molecular flexibility index (Phi) is 5.09. The molecule has 1 aromatic heterocycles. The van der Waals surface area contributed by atoms with Crippen molar-refractivity contribution in [2.45, 2.75) is 6.42 Å². The Bertz CT molecular complexity index is 886. The molecule has 0 radical (unpaired) electrons. The minimum atomic E-state index is 0.358. The molecular weight excluding hydrogens is 316 g/mol. The third-order valence-electron chi connectivity index (χ3n) is 4.00. The van der Waals surface area contributed by atoms with E-state index in [1.807, 2.05) is 48.7 Å². The van der Waals surface area contributed by atoms with Crippen LogP contribution in [0.15, 0.2) is 53.7 Å². The smallest absolute Gasteiger partial charge is 0.193 e. The molecule has 0 saturated heterocycles. The highest BCUT2D eigenvalue weighted by Crippen LogP contribution is 2.28. The Morgan fingerprint density at radius 3 is 2.64 bits per heavy atom. The summed E-state index contributed by atoms with van der Waals surface area (Å²) in [5, 5.41) is 4.17. The van der Waals surface area contributed by atoms with E-state index in [4.69, 9.17) is 15.2 Å². The zero-order chi connectivity index (χ0) is 17.6. The van der Waals surface area contributed by atoms with E-state index in [2.05, 4.69) is 15.3 Å². The van der Waals surface area contributed by atoms with Crippen molar-refractivity contribution in [2.75, 3.05) is 26.1 Å². The number of aliphatic imine (C=N–C) groups is 1. The fraction of sp³-hybridized carbons (Fsp3) is 0.211. The molecule has 3 rings (SSSR count). The summed E-state index contributed by atoms with van der Waals surface area (Å²) in [6, 6.07) is 13.5. The highest BCUT2D eigenvalue weighted by molar-refractivity contribution is 5.93. The number of fused-ring (bicyclic) bond motifs is 1. The number of aromatic nitrogens is 1. The summed E-state index contributed by atoms with van der Waals surface area (Å²) in [6.07, 6.45) is 2.75. The lowest BCUT2D eigenvalue weighted by atomic mass is 10.1. The molecule has 0 aliphatic rings. The lowest BCUT2D eigenvalue weighted by Crippen LogP contribution is -2.23. The van der Waals surface area contributed by atoms with Crippen LogP contribution in [0.5, 0.6) is 11.5 Å². The second-order valence-electron chi connectivity index (χ2n) is 5.54. The SMILES string of the molecule is COc1ccccc1NC(N)=NCCc1c[nH]c2cccc(OC)c12. The number of nitrogens with two attached hydrogens (primary N) is 1. The number of methoxy groups -OCH3 is 2. The first kappa shape index (κ1) is 16.7. The molecule has 0 fully saturated rings. The zero-order valence-electron chi connectivity index (χ0n) is 14.4. The Balaban J connectivity index is 1.69. The van der Waals surface area contributed by atoms with Crippen molar-refractivity contribution in [3.05, 3.63) is 54.2 Å². The summed E-state index contributed by atoms with van der Waals surface area (Å²) in [4.78, 5) is 7.67. The van der Waals surface area contributed by atoms with Gasteiger partial charge in [0.05, 0.1) is 19.9 Å². The molecule has 0 aliphatic heterocycles. The van der Waals surface area contributed by atoms with Gasteiger partial charge in [0, 0.05) is 23.6 Å². The number of nitrogens with one attached hydrogen (secondary N) is 2. The molecule has 25 heavy (non-hydrogen) atoms. The normalized spacial score (nSPS) is 11.5. The Morgan fingerprint density at radius 1 is 1.08 bits per heavy atom. The minimum Gasteiger partial charge on any atom is -0.496 e. The second kappa shape index (κ2) is 7.61. The van der Waals surface area contributed by atoms with Crippen LogP contribution in [0.25, 0.3) is 10.9 Å². The maximum Gasteiger partial charge on any atom is 0.193 e. The van der Waals surface area contributed by atoms with Crippen LogP contribution in [0.3, 0.4) is 0 Å². The highest BCUT2D eigenvalue weighted by Gasteiger charge is 2.08. The van der Waals surface area contributed by atoms with Crippen molar-refractivity contribution in [3.8, 4) is 11.5 Å². The molecule has 6 heteroatoms. The van der Waals surface area contributed by atoms with Crippen molar-refractivity contribution >= 4 is 22.5 Å². The maximum absolute atomic E-state index is 5.99. The molecule has 0 unspecified atom stereocenters. The predicted octanol–water partition coefficient (Wildman–Crippen LogP) is 3.15. The number of benzene rings is 2. The molecule has 2 aromatic carbocycles. The van der Waals surface area contributed by atoms with Gasteiger partial charge in [-0.25, -0.2) is 0 Å². The average molecular weight is 338 g/mol. The zero-order valence-corrected chi connectivity index (χ0v) is 14.4. The molecule has 130 valence electrons. The van der Waals surface area contributed by atoms with Gasteiger partial charge in [0.25, 0.3) is 0 Å². The molecule has 6 nitrogen and oxygen atoms in total. The topological polar surface area (TPSA) is 84.7 Å². The largest absolute Gasteiger partial charge is 0.496 e. The van der Waals surface area contributed by atoms with Gasteiger partial charge in [0.1, 0.15) is 11.5 Å². The number of nitrogens with zero attached hydrogens (tertiary/aromatic N) is 1. The van der Waals surface area contributed by atoms with E-state index < -0.39 is 0 Å². The quantitative estimate of drug-likeness (QED) is 0.476. The highest BCUT2D eigenvalue weighted by atomic mass is 16.5. The van der Waals surface area contributed by atoms with Crippen LogP contribution >= 0.6 is 0 Å². The summed E-state index contributed by atoms with van der Waals surface area (Å²) in [6.45, 7) is 0.568. The van der Waals surface area contributed by atoms with Gasteiger partial charge < -0.3 is 25.5 Å². The molecule has 4 N–H and O–H groups in total. The third kappa shape index (κ3) is 3.68. The number of hydrogen-bond acceptors (Lipinski definition) is 3.